The fourth-order valence-electron chi connectivity index (χ4n) is 1.64. The lowest BCUT2D eigenvalue weighted by molar-refractivity contribution is 0.675. The maximum atomic E-state index is 12.4. The monoisotopic (exact) mass is 221 g/mol. The van der Waals surface area contributed by atoms with Crippen LogP contribution in [-0.4, -0.2) is 21.2 Å². The van der Waals surface area contributed by atoms with Crippen LogP contribution in [0.5, 0.6) is 0 Å². The molecule has 0 amide bonds. The van der Waals surface area contributed by atoms with E-state index in [1.165, 1.54) is 0 Å². The number of para-hydroxylation sites is 1. The van der Waals surface area contributed by atoms with Gasteiger partial charge in [-0.15, -0.1) is 0 Å². The van der Waals surface area contributed by atoms with Crippen LogP contribution in [-0.2, 0) is 9.93 Å². The van der Waals surface area contributed by atoms with Crippen molar-refractivity contribution >= 4 is 20.8 Å². The number of pyridine rings is 1. The third-order valence-electron chi connectivity index (χ3n) is 2.72. The van der Waals surface area contributed by atoms with Crippen molar-refractivity contribution in [3.8, 4) is 0 Å². The number of nitrogens with zero attached hydrogens (tertiary/aromatic N) is 1. The molecule has 2 nitrogen and oxygen atoms in total. The average Bonchev–Trinajstić information content (AvgIpc) is 2.28. The van der Waals surface area contributed by atoms with E-state index < -0.39 is 9.93 Å². The Balaban J connectivity index is 2.77. The molecule has 0 aliphatic rings. The van der Waals surface area contributed by atoms with E-state index in [9.17, 15) is 4.21 Å². The van der Waals surface area contributed by atoms with Gasteiger partial charge in [0.1, 0.15) is 0 Å². The van der Waals surface area contributed by atoms with E-state index in [0.29, 0.717) is 5.75 Å². The van der Waals surface area contributed by atoms with Gasteiger partial charge in [-0.05, 0) is 18.4 Å². The Labute approximate surface area is 90.8 Å². The first-order valence-electron chi connectivity index (χ1n) is 5.06. The molecule has 80 valence electrons. The predicted octanol–water partition coefficient (Wildman–Crippen LogP) is 2.26. The van der Waals surface area contributed by atoms with E-state index in [0.717, 1.165) is 15.8 Å². The summed E-state index contributed by atoms with van der Waals surface area (Å²) in [6.07, 6.45) is 3.58. The molecule has 15 heavy (non-hydrogen) atoms. The Morgan fingerprint density at radius 1 is 1.27 bits per heavy atom. The molecule has 0 aliphatic carbocycles. The number of hydrogen-bond acceptors (Lipinski definition) is 2. The van der Waals surface area contributed by atoms with Crippen LogP contribution >= 0.6 is 0 Å². The van der Waals surface area contributed by atoms with Gasteiger partial charge in [-0.1, -0.05) is 35.1 Å². The molecular formula is C12H15NOS. The minimum absolute atomic E-state index is 0.683. The molecule has 2 aromatic rings. The lowest BCUT2D eigenvalue weighted by atomic mass is 10.2. The molecule has 0 bridgehead atoms. The standard InChI is InChI=1S/C12H15NOS/c1-3-15(2,14)11-8-4-6-10-7-5-9-13-12(10)11/h4-9,15H,3H2,1-2H3. The van der Waals surface area contributed by atoms with Gasteiger partial charge in [0.2, 0.25) is 0 Å². The Bertz CT molecular complexity index is 531. The molecule has 1 aromatic heterocycles. The third kappa shape index (κ3) is 1.79. The summed E-state index contributed by atoms with van der Waals surface area (Å²) in [7, 11) is -2.23. The van der Waals surface area contributed by atoms with Crippen LogP contribution in [0.4, 0.5) is 0 Å². The van der Waals surface area contributed by atoms with Crippen molar-refractivity contribution in [3.05, 3.63) is 36.5 Å². The number of hydrogen-bond donors (Lipinski definition) is 1. The third-order valence-corrected chi connectivity index (χ3v) is 5.31. The highest BCUT2D eigenvalue weighted by Crippen LogP contribution is 2.24. The minimum Gasteiger partial charge on any atom is -0.281 e. The molecule has 0 aliphatic heterocycles. The second-order valence-electron chi connectivity index (χ2n) is 3.77. The second kappa shape index (κ2) is 3.74. The van der Waals surface area contributed by atoms with Crippen LogP contribution in [0.3, 0.4) is 0 Å². The van der Waals surface area contributed by atoms with E-state index in [1.807, 2.05) is 43.5 Å². The first-order chi connectivity index (χ1) is 7.15. The van der Waals surface area contributed by atoms with E-state index in [2.05, 4.69) is 4.98 Å². The molecule has 0 unspecified atom stereocenters. The normalized spacial score (nSPS) is 12.9. The summed E-state index contributed by atoms with van der Waals surface area (Å²) in [5.41, 5.74) is 0.882. The molecule has 0 N–H and O–H groups in total. The van der Waals surface area contributed by atoms with Crippen molar-refractivity contribution < 1.29 is 4.21 Å². The Morgan fingerprint density at radius 3 is 2.73 bits per heavy atom. The van der Waals surface area contributed by atoms with Crippen LogP contribution in [0, 0.1) is 0 Å². The molecule has 1 aromatic carbocycles. The second-order valence-corrected chi connectivity index (χ2v) is 7.09. The quantitative estimate of drug-likeness (QED) is 0.788. The van der Waals surface area contributed by atoms with Crippen LogP contribution in [0.25, 0.3) is 10.9 Å². The largest absolute Gasteiger partial charge is 0.281 e. The van der Waals surface area contributed by atoms with Crippen molar-refractivity contribution in [2.24, 2.45) is 0 Å². The molecule has 3 heteroatoms. The Morgan fingerprint density at radius 2 is 2.00 bits per heavy atom. The van der Waals surface area contributed by atoms with Gasteiger partial charge in [-0.3, -0.25) is 9.19 Å². The van der Waals surface area contributed by atoms with Crippen LogP contribution < -0.4 is 0 Å². The summed E-state index contributed by atoms with van der Waals surface area (Å²) in [4.78, 5) is 5.23. The molecular weight excluding hydrogens is 206 g/mol. The van der Waals surface area contributed by atoms with Crippen LogP contribution in [0.1, 0.15) is 6.92 Å². The fourth-order valence-corrected chi connectivity index (χ4v) is 3.02. The summed E-state index contributed by atoms with van der Waals surface area (Å²) in [5.74, 6) is 0.683. The topological polar surface area (TPSA) is 30.0 Å². The van der Waals surface area contributed by atoms with Crippen molar-refractivity contribution in [3.63, 3.8) is 0 Å². The van der Waals surface area contributed by atoms with Gasteiger partial charge >= 0.3 is 0 Å². The number of thiol groups is 1. The van der Waals surface area contributed by atoms with E-state index >= 15 is 0 Å². The SMILES string of the molecule is CC[SH](C)(=O)c1cccc2cccnc12. The van der Waals surface area contributed by atoms with Gasteiger partial charge in [0.15, 0.2) is 0 Å². The molecule has 0 saturated heterocycles. The lowest BCUT2D eigenvalue weighted by Gasteiger charge is -2.17. The molecule has 0 radical (unpaired) electrons. The zero-order valence-corrected chi connectivity index (χ0v) is 9.87. The summed E-state index contributed by atoms with van der Waals surface area (Å²) in [6, 6.07) is 9.78. The summed E-state index contributed by atoms with van der Waals surface area (Å²) >= 11 is 0. The van der Waals surface area contributed by atoms with Gasteiger partial charge in [-0.2, -0.15) is 0 Å². The molecule has 0 spiro atoms. The number of benzene rings is 1. The zero-order chi connectivity index (χ0) is 10.9. The van der Waals surface area contributed by atoms with Crippen LogP contribution in [0.2, 0.25) is 0 Å². The molecule has 0 fully saturated rings. The molecule has 0 saturated carbocycles. The summed E-state index contributed by atoms with van der Waals surface area (Å²) in [5, 5.41) is 1.06. The maximum absolute atomic E-state index is 12.4. The van der Waals surface area contributed by atoms with Gasteiger partial charge in [0.25, 0.3) is 0 Å². The van der Waals surface area contributed by atoms with Gasteiger partial charge in [0, 0.05) is 22.2 Å². The van der Waals surface area contributed by atoms with E-state index in [-0.39, 0.29) is 0 Å². The predicted molar refractivity (Wildman–Crippen MR) is 66.0 cm³/mol. The van der Waals surface area contributed by atoms with Gasteiger partial charge in [0.05, 0.1) is 5.52 Å². The molecule has 1 heterocycles. The minimum atomic E-state index is -2.23. The maximum Gasteiger partial charge on any atom is 0.0843 e. The average molecular weight is 221 g/mol. The Kier molecular flexibility index (Phi) is 2.57. The highest BCUT2D eigenvalue weighted by atomic mass is 32.2. The van der Waals surface area contributed by atoms with E-state index in [1.54, 1.807) is 6.20 Å². The van der Waals surface area contributed by atoms with E-state index in [4.69, 9.17) is 0 Å². The van der Waals surface area contributed by atoms with Crippen molar-refractivity contribution in [1.29, 1.82) is 0 Å². The first-order valence-corrected chi connectivity index (χ1v) is 7.40. The summed E-state index contributed by atoms with van der Waals surface area (Å²) < 4.78 is 12.4. The van der Waals surface area contributed by atoms with Crippen LogP contribution in [0.15, 0.2) is 41.4 Å². The molecule has 2 rings (SSSR count). The molecule has 0 atom stereocenters. The highest BCUT2D eigenvalue weighted by molar-refractivity contribution is 8.02. The van der Waals surface area contributed by atoms with Gasteiger partial charge in [-0.25, -0.2) is 0 Å². The fraction of sp³-hybridized carbons (Fsp3) is 0.250. The zero-order valence-electron chi connectivity index (χ0n) is 8.97. The van der Waals surface area contributed by atoms with Gasteiger partial charge < -0.3 is 0 Å². The number of fused-ring (bicyclic) bond motifs is 1. The highest BCUT2D eigenvalue weighted by Gasteiger charge is 2.13. The number of aromatic nitrogens is 1. The van der Waals surface area contributed by atoms with Crippen molar-refractivity contribution in [2.45, 2.75) is 11.8 Å². The lowest BCUT2D eigenvalue weighted by Crippen LogP contribution is -2.13. The van der Waals surface area contributed by atoms with Crippen molar-refractivity contribution in [1.82, 2.24) is 4.98 Å². The van der Waals surface area contributed by atoms with Crippen molar-refractivity contribution in [2.75, 3.05) is 12.0 Å². The Hall–Kier alpha value is -1.22. The smallest absolute Gasteiger partial charge is 0.0843 e. The number of rotatable bonds is 2. The first kappa shape index (κ1) is 10.3. The summed E-state index contributed by atoms with van der Waals surface area (Å²) in [6.45, 7) is 1.96.